The van der Waals surface area contributed by atoms with E-state index in [1.165, 1.54) is 22.5 Å². The first-order valence-corrected chi connectivity index (χ1v) is 10.8. The van der Waals surface area contributed by atoms with Gasteiger partial charge < -0.3 is 10.1 Å². The molecule has 1 amide bonds. The van der Waals surface area contributed by atoms with Crippen LogP contribution in [-0.2, 0) is 10.5 Å². The van der Waals surface area contributed by atoms with Gasteiger partial charge in [-0.15, -0.1) is 11.8 Å². The summed E-state index contributed by atoms with van der Waals surface area (Å²) in [4.78, 5) is 12.4. The highest BCUT2D eigenvalue weighted by molar-refractivity contribution is 8.02. The maximum Gasteiger partial charge on any atom is 0.225 e. The molecule has 4 rings (SSSR count). The van der Waals surface area contributed by atoms with E-state index in [2.05, 4.69) is 41.7 Å². The summed E-state index contributed by atoms with van der Waals surface area (Å²) < 4.78 is 5.21. The van der Waals surface area contributed by atoms with Crippen molar-refractivity contribution in [3.05, 3.63) is 87.4 Å². The number of nitrogens with zero attached hydrogens (tertiary/aromatic N) is 1. The van der Waals surface area contributed by atoms with Crippen molar-refractivity contribution in [3.63, 3.8) is 0 Å². The van der Waals surface area contributed by atoms with E-state index >= 15 is 0 Å². The fourth-order valence-corrected chi connectivity index (χ4v) is 4.89. The molecule has 0 saturated heterocycles. The zero-order valence-corrected chi connectivity index (χ0v) is 17.9. The molecule has 150 valence electrons. The second-order valence-corrected chi connectivity index (χ2v) is 8.42. The smallest absolute Gasteiger partial charge is 0.225 e. The summed E-state index contributed by atoms with van der Waals surface area (Å²) in [5.74, 6) is 0.786. The van der Waals surface area contributed by atoms with Crippen molar-refractivity contribution in [2.24, 2.45) is 0 Å². The second-order valence-electron chi connectivity index (χ2n) is 7.02. The van der Waals surface area contributed by atoms with Crippen LogP contribution in [0.25, 0.3) is 10.8 Å². The van der Waals surface area contributed by atoms with Gasteiger partial charge in [-0.1, -0.05) is 60.1 Å². The number of nitrogens with one attached hydrogen (secondary N) is 1. The third-order valence-corrected chi connectivity index (χ3v) is 6.51. The number of benzene rings is 3. The van der Waals surface area contributed by atoms with E-state index in [9.17, 15) is 10.1 Å². The van der Waals surface area contributed by atoms with Crippen LogP contribution in [0, 0.1) is 11.3 Å². The number of thioether (sulfide) groups is 1. The lowest BCUT2D eigenvalue weighted by Crippen LogP contribution is -2.30. The predicted octanol–water partition coefficient (Wildman–Crippen LogP) is 5.77. The van der Waals surface area contributed by atoms with Gasteiger partial charge in [0, 0.05) is 18.1 Å². The summed E-state index contributed by atoms with van der Waals surface area (Å²) in [5, 5.41) is 16.2. The first-order valence-electron chi connectivity index (χ1n) is 9.47. The van der Waals surface area contributed by atoms with Crippen LogP contribution >= 0.6 is 23.4 Å². The quantitative estimate of drug-likeness (QED) is 0.553. The van der Waals surface area contributed by atoms with Crippen LogP contribution in [0.4, 0.5) is 0 Å². The molecule has 30 heavy (non-hydrogen) atoms. The minimum absolute atomic E-state index is 0.105. The van der Waals surface area contributed by atoms with Crippen LogP contribution in [0.5, 0.6) is 5.75 Å². The second kappa shape index (κ2) is 8.83. The minimum atomic E-state index is -0.328. The lowest BCUT2D eigenvalue weighted by atomic mass is 9.87. The normalized spacial score (nSPS) is 16.3. The van der Waals surface area contributed by atoms with E-state index in [0.717, 1.165) is 11.1 Å². The van der Waals surface area contributed by atoms with Crippen molar-refractivity contribution in [3.8, 4) is 11.8 Å². The highest BCUT2D eigenvalue weighted by Gasteiger charge is 2.30. The summed E-state index contributed by atoms with van der Waals surface area (Å²) in [6.07, 6.45) is 0.214. The Labute approximate surface area is 184 Å². The molecule has 0 aliphatic carbocycles. The molecule has 0 saturated carbocycles. The van der Waals surface area contributed by atoms with Gasteiger partial charge in [0.25, 0.3) is 0 Å². The Kier molecular flexibility index (Phi) is 5.98. The van der Waals surface area contributed by atoms with Gasteiger partial charge in [0.15, 0.2) is 0 Å². The minimum Gasteiger partial charge on any atom is -0.495 e. The third-order valence-electron chi connectivity index (χ3n) is 5.13. The van der Waals surface area contributed by atoms with Crippen molar-refractivity contribution >= 4 is 40.0 Å². The summed E-state index contributed by atoms with van der Waals surface area (Å²) in [7, 11) is 1.55. The van der Waals surface area contributed by atoms with E-state index in [-0.39, 0.29) is 18.2 Å². The molecular formula is C24H19ClN2O2S. The molecule has 0 fully saturated rings. The number of ether oxygens (including phenoxy) is 1. The molecule has 0 unspecified atom stereocenters. The number of nitriles is 1. The van der Waals surface area contributed by atoms with E-state index < -0.39 is 0 Å². The SMILES string of the molecule is COc1ccc([C@@H]2CC(=O)NC(SCc3ccc4ccccc4c3)=C2C#N)cc1Cl. The van der Waals surface area contributed by atoms with Crippen LogP contribution in [0.3, 0.4) is 0 Å². The van der Waals surface area contributed by atoms with Crippen LogP contribution < -0.4 is 10.1 Å². The average Bonchev–Trinajstić information content (AvgIpc) is 2.77. The number of rotatable bonds is 5. The van der Waals surface area contributed by atoms with E-state index in [1.807, 2.05) is 18.2 Å². The molecule has 3 aromatic carbocycles. The van der Waals surface area contributed by atoms with Gasteiger partial charge in [-0.25, -0.2) is 0 Å². The number of methoxy groups -OCH3 is 1. The van der Waals surface area contributed by atoms with Gasteiger partial charge in [-0.2, -0.15) is 5.26 Å². The standard InChI is InChI=1S/C24H19ClN2O2S/c1-29-22-9-8-18(11-21(22)25)19-12-23(28)27-24(20(19)13-26)30-14-15-6-7-16-4-2-3-5-17(16)10-15/h2-11,19H,12,14H2,1H3,(H,27,28)/t19-/m0/s1. The van der Waals surface area contributed by atoms with Crippen LogP contribution in [0.15, 0.2) is 71.3 Å². The lowest BCUT2D eigenvalue weighted by Gasteiger charge is -2.25. The van der Waals surface area contributed by atoms with Crippen molar-refractivity contribution in [1.29, 1.82) is 5.26 Å². The monoisotopic (exact) mass is 434 g/mol. The van der Waals surface area contributed by atoms with Gasteiger partial charge >= 0.3 is 0 Å². The molecule has 4 nitrogen and oxygen atoms in total. The molecule has 6 heteroatoms. The summed E-state index contributed by atoms with van der Waals surface area (Å²) >= 11 is 7.74. The van der Waals surface area contributed by atoms with Gasteiger partial charge in [0.2, 0.25) is 5.91 Å². The molecule has 1 N–H and O–H groups in total. The molecule has 0 aromatic heterocycles. The van der Waals surface area contributed by atoms with Crippen molar-refractivity contribution in [2.45, 2.75) is 18.1 Å². The zero-order chi connectivity index (χ0) is 21.1. The Morgan fingerprint density at radius 1 is 1.17 bits per heavy atom. The third kappa shape index (κ3) is 4.16. The van der Waals surface area contributed by atoms with E-state index in [0.29, 0.717) is 27.1 Å². The average molecular weight is 435 g/mol. The first kappa shape index (κ1) is 20.3. The Balaban J connectivity index is 1.62. The largest absolute Gasteiger partial charge is 0.495 e. The fraction of sp³-hybridized carbons (Fsp3) is 0.167. The van der Waals surface area contributed by atoms with Crippen LogP contribution in [-0.4, -0.2) is 13.0 Å². The number of carbonyl (C=O) groups is 1. The van der Waals surface area contributed by atoms with Gasteiger partial charge in [-0.05, 0) is 34.0 Å². The van der Waals surface area contributed by atoms with Crippen molar-refractivity contribution in [2.75, 3.05) is 7.11 Å². The maximum absolute atomic E-state index is 12.4. The summed E-state index contributed by atoms with van der Waals surface area (Å²) in [6, 6.07) is 22.2. The Morgan fingerprint density at radius 3 is 2.70 bits per heavy atom. The predicted molar refractivity (Wildman–Crippen MR) is 121 cm³/mol. The molecule has 0 radical (unpaired) electrons. The van der Waals surface area contributed by atoms with Crippen molar-refractivity contribution in [1.82, 2.24) is 5.32 Å². The maximum atomic E-state index is 12.4. The summed E-state index contributed by atoms with van der Waals surface area (Å²) in [5.41, 5.74) is 2.52. The van der Waals surface area contributed by atoms with E-state index in [1.54, 1.807) is 19.2 Å². The number of carbonyl (C=O) groups excluding carboxylic acids is 1. The number of amides is 1. The highest BCUT2D eigenvalue weighted by atomic mass is 35.5. The highest BCUT2D eigenvalue weighted by Crippen LogP contribution is 2.39. The molecule has 3 aromatic rings. The van der Waals surface area contributed by atoms with Gasteiger partial charge in [0.1, 0.15) is 5.75 Å². The molecule has 1 atom stereocenters. The Hall–Kier alpha value is -2.94. The first-order chi connectivity index (χ1) is 14.6. The number of hydrogen-bond acceptors (Lipinski definition) is 4. The van der Waals surface area contributed by atoms with E-state index in [4.69, 9.17) is 16.3 Å². The lowest BCUT2D eigenvalue weighted by molar-refractivity contribution is -0.120. The number of halogens is 1. The zero-order valence-electron chi connectivity index (χ0n) is 16.3. The fourth-order valence-electron chi connectivity index (χ4n) is 3.60. The molecule has 0 bridgehead atoms. The number of hydrogen-bond donors (Lipinski definition) is 1. The Morgan fingerprint density at radius 2 is 1.97 bits per heavy atom. The molecule has 1 aliphatic rings. The van der Waals surface area contributed by atoms with Gasteiger partial charge in [0.05, 0.1) is 28.8 Å². The van der Waals surface area contributed by atoms with Crippen LogP contribution in [0.1, 0.15) is 23.5 Å². The van der Waals surface area contributed by atoms with Crippen LogP contribution in [0.2, 0.25) is 5.02 Å². The van der Waals surface area contributed by atoms with Crippen molar-refractivity contribution < 1.29 is 9.53 Å². The number of allylic oxidation sites excluding steroid dienone is 1. The molecule has 0 spiro atoms. The Bertz CT molecular complexity index is 1200. The number of fused-ring (bicyclic) bond motifs is 1. The summed E-state index contributed by atoms with van der Waals surface area (Å²) in [6.45, 7) is 0. The molecule has 1 aliphatic heterocycles. The molecule has 1 heterocycles. The van der Waals surface area contributed by atoms with Gasteiger partial charge in [-0.3, -0.25) is 4.79 Å². The topological polar surface area (TPSA) is 62.1 Å². The molecular weight excluding hydrogens is 416 g/mol.